The first-order valence-electron chi connectivity index (χ1n) is 10.7. The molecule has 1 aromatic carbocycles. The molecule has 0 aromatic heterocycles. The molecule has 3 rings (SSSR count). The van der Waals surface area contributed by atoms with Gasteiger partial charge in [-0.1, -0.05) is 55.5 Å². The number of piperazine rings is 1. The van der Waals surface area contributed by atoms with Crippen LogP contribution in [0.25, 0.3) is 0 Å². The summed E-state index contributed by atoms with van der Waals surface area (Å²) in [7, 11) is -3.60. The topological polar surface area (TPSA) is 86.8 Å². The first-order chi connectivity index (χ1) is 14.1. The Hall–Kier alpha value is -1.93. The van der Waals surface area contributed by atoms with Crippen molar-refractivity contribution in [3.8, 4) is 0 Å². The lowest BCUT2D eigenvalue weighted by Crippen LogP contribution is -2.69. The highest BCUT2D eigenvalue weighted by molar-refractivity contribution is 7.88. The van der Waals surface area contributed by atoms with Crippen molar-refractivity contribution in [3.05, 3.63) is 35.4 Å². The molecule has 1 N–H and O–H groups in total. The fraction of sp³-hybridized carbons (Fsp3) is 0.636. The zero-order valence-electron chi connectivity index (χ0n) is 18.2. The zero-order chi connectivity index (χ0) is 21.9. The van der Waals surface area contributed by atoms with E-state index in [1.165, 1.54) is 12.8 Å². The molecule has 1 aliphatic heterocycles. The second-order valence-corrected chi connectivity index (χ2v) is 10.9. The SMILES string of the molecule is Cc1ccc(CN2C(=O)CN(S(C)(=O)=O)C[C@]2(C)C(=O)NC2CCCCCC2)cc1. The van der Waals surface area contributed by atoms with Crippen molar-refractivity contribution in [2.75, 3.05) is 19.3 Å². The molecule has 1 aromatic rings. The van der Waals surface area contributed by atoms with E-state index in [1.807, 2.05) is 31.2 Å². The lowest BCUT2D eigenvalue weighted by molar-refractivity contribution is -0.154. The van der Waals surface area contributed by atoms with Gasteiger partial charge in [-0.15, -0.1) is 0 Å². The van der Waals surface area contributed by atoms with Gasteiger partial charge < -0.3 is 10.2 Å². The standard InChI is InChI=1S/C22H33N3O4S/c1-17-10-12-18(13-11-17)14-25-20(26)15-24(30(3,28)29)16-22(25,2)21(27)23-19-8-6-4-5-7-9-19/h10-13,19H,4-9,14-16H2,1-3H3,(H,23,27)/t22-/m1/s1. The molecule has 0 spiro atoms. The van der Waals surface area contributed by atoms with E-state index in [9.17, 15) is 18.0 Å². The first kappa shape index (κ1) is 22.7. The van der Waals surface area contributed by atoms with Crippen LogP contribution in [0.5, 0.6) is 0 Å². The van der Waals surface area contributed by atoms with E-state index >= 15 is 0 Å². The Morgan fingerprint density at radius 1 is 1.13 bits per heavy atom. The molecule has 1 atom stereocenters. The molecule has 0 unspecified atom stereocenters. The first-order valence-corrected chi connectivity index (χ1v) is 12.6. The predicted molar refractivity (Wildman–Crippen MR) is 116 cm³/mol. The number of sulfonamides is 1. The van der Waals surface area contributed by atoms with Gasteiger partial charge in [-0.25, -0.2) is 8.42 Å². The maximum atomic E-state index is 13.4. The molecular formula is C22H33N3O4S. The van der Waals surface area contributed by atoms with Gasteiger partial charge in [0.15, 0.2) is 0 Å². The van der Waals surface area contributed by atoms with Crippen molar-refractivity contribution < 1.29 is 18.0 Å². The Morgan fingerprint density at radius 3 is 2.30 bits per heavy atom. The lowest BCUT2D eigenvalue weighted by atomic mass is 9.93. The van der Waals surface area contributed by atoms with E-state index in [2.05, 4.69) is 5.32 Å². The molecule has 30 heavy (non-hydrogen) atoms. The van der Waals surface area contributed by atoms with Crippen LogP contribution in [-0.2, 0) is 26.2 Å². The van der Waals surface area contributed by atoms with Crippen LogP contribution >= 0.6 is 0 Å². The summed E-state index contributed by atoms with van der Waals surface area (Å²) in [4.78, 5) is 28.0. The van der Waals surface area contributed by atoms with Crippen molar-refractivity contribution in [2.45, 2.75) is 70.5 Å². The quantitative estimate of drug-likeness (QED) is 0.719. The van der Waals surface area contributed by atoms with E-state index < -0.39 is 15.6 Å². The van der Waals surface area contributed by atoms with Gasteiger partial charge >= 0.3 is 0 Å². The van der Waals surface area contributed by atoms with Crippen LogP contribution < -0.4 is 5.32 Å². The summed E-state index contributed by atoms with van der Waals surface area (Å²) >= 11 is 0. The van der Waals surface area contributed by atoms with Crippen LogP contribution in [0.2, 0.25) is 0 Å². The second kappa shape index (κ2) is 9.06. The van der Waals surface area contributed by atoms with Crippen LogP contribution in [0, 0.1) is 6.92 Å². The van der Waals surface area contributed by atoms with E-state index in [4.69, 9.17) is 0 Å². The van der Waals surface area contributed by atoms with E-state index in [0.29, 0.717) is 0 Å². The van der Waals surface area contributed by atoms with Crippen LogP contribution in [0.1, 0.15) is 56.6 Å². The number of carbonyl (C=O) groups excluding carboxylic acids is 2. The molecular weight excluding hydrogens is 402 g/mol. The Bertz CT molecular complexity index is 876. The van der Waals surface area contributed by atoms with Crippen molar-refractivity contribution in [2.24, 2.45) is 0 Å². The van der Waals surface area contributed by atoms with Gasteiger partial charge in [-0.05, 0) is 32.3 Å². The summed E-state index contributed by atoms with van der Waals surface area (Å²) in [6, 6.07) is 7.89. The number of nitrogens with zero attached hydrogens (tertiary/aromatic N) is 2. The number of hydrogen-bond acceptors (Lipinski definition) is 4. The minimum atomic E-state index is -3.60. The number of carbonyl (C=O) groups is 2. The summed E-state index contributed by atoms with van der Waals surface area (Å²) in [5.41, 5.74) is 0.756. The van der Waals surface area contributed by atoms with Crippen LogP contribution in [0.15, 0.2) is 24.3 Å². The highest BCUT2D eigenvalue weighted by atomic mass is 32.2. The van der Waals surface area contributed by atoms with Gasteiger partial charge in [-0.3, -0.25) is 9.59 Å². The van der Waals surface area contributed by atoms with Gasteiger partial charge in [0.25, 0.3) is 0 Å². The second-order valence-electron chi connectivity index (χ2n) is 8.93. The predicted octanol–water partition coefficient (Wildman–Crippen LogP) is 2.20. The number of nitrogens with one attached hydrogen (secondary N) is 1. The Labute approximate surface area is 179 Å². The summed E-state index contributed by atoms with van der Waals surface area (Å²) in [6.45, 7) is 3.66. The van der Waals surface area contributed by atoms with Gasteiger partial charge in [0.05, 0.1) is 12.8 Å². The summed E-state index contributed by atoms with van der Waals surface area (Å²) in [5.74, 6) is -0.631. The van der Waals surface area contributed by atoms with Crippen LogP contribution in [0.4, 0.5) is 0 Å². The number of benzene rings is 1. The molecule has 0 radical (unpaired) electrons. The average molecular weight is 436 g/mol. The van der Waals surface area contributed by atoms with Crippen molar-refractivity contribution >= 4 is 21.8 Å². The van der Waals surface area contributed by atoms with Crippen molar-refractivity contribution in [1.82, 2.24) is 14.5 Å². The monoisotopic (exact) mass is 435 g/mol. The molecule has 8 heteroatoms. The fourth-order valence-electron chi connectivity index (χ4n) is 4.33. The fourth-order valence-corrected chi connectivity index (χ4v) is 5.16. The third-order valence-corrected chi connectivity index (χ3v) is 7.50. The number of rotatable bonds is 5. The van der Waals surface area contributed by atoms with Gasteiger partial charge in [0.2, 0.25) is 21.8 Å². The van der Waals surface area contributed by atoms with Crippen LogP contribution in [-0.4, -0.2) is 60.4 Å². The van der Waals surface area contributed by atoms with Gasteiger partial charge in [0, 0.05) is 19.1 Å². The molecule has 2 fully saturated rings. The van der Waals surface area contributed by atoms with Crippen molar-refractivity contribution in [3.63, 3.8) is 0 Å². The normalized spacial score (nSPS) is 24.5. The highest BCUT2D eigenvalue weighted by Crippen LogP contribution is 2.28. The Kier molecular flexibility index (Phi) is 6.87. The molecule has 166 valence electrons. The zero-order valence-corrected chi connectivity index (χ0v) is 19.0. The molecule has 1 heterocycles. The number of hydrogen-bond donors (Lipinski definition) is 1. The van der Waals surface area contributed by atoms with E-state index in [1.54, 1.807) is 11.8 Å². The molecule has 1 aliphatic carbocycles. The minimum absolute atomic E-state index is 0.0397. The maximum absolute atomic E-state index is 13.4. The molecule has 0 bridgehead atoms. The van der Waals surface area contributed by atoms with E-state index in [0.717, 1.165) is 47.4 Å². The third kappa shape index (κ3) is 5.21. The molecule has 1 saturated carbocycles. The molecule has 2 amide bonds. The van der Waals surface area contributed by atoms with E-state index in [-0.39, 0.29) is 37.5 Å². The highest BCUT2D eigenvalue weighted by Gasteiger charge is 2.49. The van der Waals surface area contributed by atoms with Crippen LogP contribution in [0.3, 0.4) is 0 Å². The number of aryl methyl sites for hydroxylation is 1. The smallest absolute Gasteiger partial charge is 0.247 e. The Balaban J connectivity index is 1.88. The van der Waals surface area contributed by atoms with Crippen molar-refractivity contribution in [1.29, 1.82) is 0 Å². The average Bonchev–Trinajstić information content (AvgIpc) is 2.94. The summed E-state index contributed by atoms with van der Waals surface area (Å²) < 4.78 is 25.5. The molecule has 7 nitrogen and oxygen atoms in total. The largest absolute Gasteiger partial charge is 0.351 e. The Morgan fingerprint density at radius 2 is 1.73 bits per heavy atom. The molecule has 2 aliphatic rings. The summed E-state index contributed by atoms with van der Waals surface area (Å²) in [6.07, 6.45) is 7.41. The lowest BCUT2D eigenvalue weighted by Gasteiger charge is -2.47. The minimum Gasteiger partial charge on any atom is -0.351 e. The van der Waals surface area contributed by atoms with Gasteiger partial charge in [0.1, 0.15) is 5.54 Å². The number of amides is 2. The van der Waals surface area contributed by atoms with Gasteiger partial charge in [-0.2, -0.15) is 4.31 Å². The maximum Gasteiger partial charge on any atom is 0.247 e. The summed E-state index contributed by atoms with van der Waals surface area (Å²) in [5, 5.41) is 3.13. The molecule has 1 saturated heterocycles. The third-order valence-electron chi connectivity index (χ3n) is 6.30.